The van der Waals surface area contributed by atoms with Gasteiger partial charge in [-0.3, -0.25) is 9.90 Å². The van der Waals surface area contributed by atoms with Gasteiger partial charge in [-0.05, 0) is 28.3 Å². The van der Waals surface area contributed by atoms with E-state index in [1.54, 1.807) is 12.1 Å². The fraction of sp³-hybridized carbons (Fsp3) is 0.0625. The molecule has 0 aromatic heterocycles. The molecular weight excluding hydrogens is 238 g/mol. The number of nitrogens with one attached hydrogen (secondary N) is 1. The number of carbonyl (C=O) groups excluding carboxylic acids is 1. The standard InChI is InChI=1S/C16H12NO2/c1-17-16(19)14-9-8-12-11-5-3-2-4-10(11)6-7-13(12)15(14)18/h2-9H,1H3,(H,17,19). The summed E-state index contributed by atoms with van der Waals surface area (Å²) in [7, 11) is 1.52. The lowest BCUT2D eigenvalue weighted by Crippen LogP contribution is -2.17. The van der Waals surface area contributed by atoms with E-state index < -0.39 is 0 Å². The van der Waals surface area contributed by atoms with Gasteiger partial charge in [-0.2, -0.15) is 0 Å². The zero-order valence-electron chi connectivity index (χ0n) is 10.4. The minimum absolute atomic E-state index is 0.185. The van der Waals surface area contributed by atoms with Gasteiger partial charge in [0.15, 0.2) is 5.75 Å². The van der Waals surface area contributed by atoms with E-state index in [1.165, 1.54) is 7.05 Å². The molecule has 0 fully saturated rings. The van der Waals surface area contributed by atoms with E-state index in [-0.39, 0.29) is 17.2 Å². The Kier molecular flexibility index (Phi) is 2.60. The first-order valence-corrected chi connectivity index (χ1v) is 6.06. The fourth-order valence-electron chi connectivity index (χ4n) is 2.37. The number of hydrogen-bond donors (Lipinski definition) is 1. The summed E-state index contributed by atoms with van der Waals surface area (Å²) >= 11 is 0. The zero-order chi connectivity index (χ0) is 13.4. The van der Waals surface area contributed by atoms with Crippen molar-refractivity contribution in [3.63, 3.8) is 0 Å². The minimum atomic E-state index is -0.347. The van der Waals surface area contributed by atoms with E-state index >= 15 is 0 Å². The van der Waals surface area contributed by atoms with Crippen LogP contribution < -0.4 is 5.32 Å². The zero-order valence-corrected chi connectivity index (χ0v) is 10.4. The predicted octanol–water partition coefficient (Wildman–Crippen LogP) is 3.50. The quantitative estimate of drug-likeness (QED) is 0.660. The number of benzene rings is 3. The van der Waals surface area contributed by atoms with Crippen molar-refractivity contribution in [3.05, 3.63) is 54.1 Å². The second-order valence-electron chi connectivity index (χ2n) is 4.40. The maximum atomic E-state index is 12.3. The molecule has 0 unspecified atom stereocenters. The molecule has 0 aliphatic heterocycles. The Balaban J connectivity index is 2.39. The molecule has 0 atom stereocenters. The maximum Gasteiger partial charge on any atom is 0.255 e. The summed E-state index contributed by atoms with van der Waals surface area (Å²) in [6.45, 7) is 0. The van der Waals surface area contributed by atoms with E-state index in [4.69, 9.17) is 0 Å². The van der Waals surface area contributed by atoms with Gasteiger partial charge in [-0.1, -0.05) is 36.4 Å². The first-order chi connectivity index (χ1) is 9.22. The van der Waals surface area contributed by atoms with Gasteiger partial charge in [-0.25, -0.2) is 0 Å². The number of carbonyl (C=O) groups is 1. The molecule has 0 saturated heterocycles. The lowest BCUT2D eigenvalue weighted by atomic mass is 9.99. The van der Waals surface area contributed by atoms with Crippen LogP contribution in [0.5, 0.6) is 5.75 Å². The van der Waals surface area contributed by atoms with E-state index in [2.05, 4.69) is 5.32 Å². The molecule has 0 heterocycles. The van der Waals surface area contributed by atoms with Crippen LogP contribution in [0.15, 0.2) is 48.5 Å². The van der Waals surface area contributed by atoms with Crippen LogP contribution in [0, 0.1) is 0 Å². The van der Waals surface area contributed by atoms with Gasteiger partial charge in [0.1, 0.15) is 0 Å². The van der Waals surface area contributed by atoms with Crippen molar-refractivity contribution in [2.75, 3.05) is 7.05 Å². The summed E-state index contributed by atoms with van der Waals surface area (Å²) in [4.78, 5) is 11.6. The van der Waals surface area contributed by atoms with E-state index in [0.29, 0.717) is 5.39 Å². The summed E-state index contributed by atoms with van der Waals surface area (Å²) in [5.41, 5.74) is 0.185. The normalized spacial score (nSPS) is 10.8. The van der Waals surface area contributed by atoms with E-state index in [0.717, 1.165) is 16.2 Å². The van der Waals surface area contributed by atoms with Gasteiger partial charge < -0.3 is 5.32 Å². The molecule has 1 amide bonds. The van der Waals surface area contributed by atoms with Gasteiger partial charge >= 0.3 is 0 Å². The van der Waals surface area contributed by atoms with Gasteiger partial charge in [0.2, 0.25) is 0 Å². The molecule has 93 valence electrons. The Morgan fingerprint density at radius 3 is 2.42 bits per heavy atom. The Morgan fingerprint density at radius 1 is 0.895 bits per heavy atom. The summed E-state index contributed by atoms with van der Waals surface area (Å²) < 4.78 is 0. The molecule has 19 heavy (non-hydrogen) atoms. The molecule has 0 aliphatic carbocycles. The van der Waals surface area contributed by atoms with Crippen molar-refractivity contribution < 1.29 is 9.90 Å². The minimum Gasteiger partial charge on any atom is -0.355 e. The van der Waals surface area contributed by atoms with Gasteiger partial charge in [0, 0.05) is 12.4 Å². The van der Waals surface area contributed by atoms with Crippen LogP contribution in [0.1, 0.15) is 10.4 Å². The predicted molar refractivity (Wildman–Crippen MR) is 75.0 cm³/mol. The number of amides is 1. The van der Waals surface area contributed by atoms with Gasteiger partial charge in [0.05, 0.1) is 5.56 Å². The van der Waals surface area contributed by atoms with Crippen molar-refractivity contribution in [1.29, 1.82) is 0 Å². The van der Waals surface area contributed by atoms with Crippen LogP contribution in [0.25, 0.3) is 21.5 Å². The Hall–Kier alpha value is -2.55. The topological polar surface area (TPSA) is 49.0 Å². The third-order valence-corrected chi connectivity index (χ3v) is 3.35. The molecule has 3 rings (SSSR count). The van der Waals surface area contributed by atoms with Crippen LogP contribution in [-0.4, -0.2) is 13.0 Å². The average Bonchev–Trinajstić information content (AvgIpc) is 2.46. The van der Waals surface area contributed by atoms with Crippen molar-refractivity contribution in [3.8, 4) is 5.75 Å². The summed E-state index contributed by atoms with van der Waals surface area (Å²) in [6.07, 6.45) is 0. The number of hydrogen-bond acceptors (Lipinski definition) is 1. The van der Waals surface area contributed by atoms with Crippen molar-refractivity contribution in [1.82, 2.24) is 5.32 Å². The summed E-state index contributed by atoms with van der Waals surface area (Å²) in [6, 6.07) is 15.0. The summed E-state index contributed by atoms with van der Waals surface area (Å²) in [5.74, 6) is -0.567. The highest BCUT2D eigenvalue weighted by Gasteiger charge is 2.15. The molecule has 1 radical (unpaired) electrons. The SMILES string of the molecule is CNC(=O)c1ccc2c(ccc3ccccc32)c1[O]. The molecule has 0 aliphatic rings. The highest BCUT2D eigenvalue weighted by molar-refractivity contribution is 6.12. The number of rotatable bonds is 1. The first-order valence-electron chi connectivity index (χ1n) is 6.06. The smallest absolute Gasteiger partial charge is 0.255 e. The molecule has 1 N–H and O–H groups in total. The molecule has 0 bridgehead atoms. The molecule has 0 spiro atoms. The Labute approximate surface area is 110 Å². The van der Waals surface area contributed by atoms with E-state index in [9.17, 15) is 9.90 Å². The van der Waals surface area contributed by atoms with Crippen molar-refractivity contribution >= 4 is 27.5 Å². The molecule has 0 saturated carbocycles. The fourth-order valence-corrected chi connectivity index (χ4v) is 2.37. The second-order valence-corrected chi connectivity index (χ2v) is 4.40. The van der Waals surface area contributed by atoms with Crippen LogP contribution >= 0.6 is 0 Å². The van der Waals surface area contributed by atoms with Crippen LogP contribution in [0.3, 0.4) is 0 Å². The number of fused-ring (bicyclic) bond motifs is 3. The average molecular weight is 250 g/mol. The largest absolute Gasteiger partial charge is 0.355 e. The van der Waals surface area contributed by atoms with Crippen LogP contribution in [0.2, 0.25) is 0 Å². The van der Waals surface area contributed by atoms with Crippen molar-refractivity contribution in [2.45, 2.75) is 0 Å². The lowest BCUT2D eigenvalue weighted by Gasteiger charge is -2.07. The maximum absolute atomic E-state index is 12.3. The first kappa shape index (κ1) is 11.5. The van der Waals surface area contributed by atoms with Crippen LogP contribution in [-0.2, 0) is 5.11 Å². The third kappa shape index (κ3) is 1.71. The van der Waals surface area contributed by atoms with Crippen molar-refractivity contribution in [2.24, 2.45) is 0 Å². The van der Waals surface area contributed by atoms with Crippen LogP contribution in [0.4, 0.5) is 0 Å². The van der Waals surface area contributed by atoms with Gasteiger partial charge in [0.25, 0.3) is 5.91 Å². The Bertz CT molecular complexity index is 793. The molecule has 3 aromatic carbocycles. The lowest BCUT2D eigenvalue weighted by molar-refractivity contribution is 0.0959. The Morgan fingerprint density at radius 2 is 1.63 bits per heavy atom. The molecule has 3 nitrogen and oxygen atoms in total. The monoisotopic (exact) mass is 250 g/mol. The highest BCUT2D eigenvalue weighted by atomic mass is 16.3. The third-order valence-electron chi connectivity index (χ3n) is 3.35. The molecular formula is C16H12NO2. The summed E-state index contributed by atoms with van der Waals surface area (Å²) in [5, 5.41) is 18.4. The molecule has 3 heteroatoms. The second kappa shape index (κ2) is 4.28. The molecule has 3 aromatic rings. The van der Waals surface area contributed by atoms with Gasteiger partial charge in [-0.15, -0.1) is 0 Å². The van der Waals surface area contributed by atoms with E-state index in [1.807, 2.05) is 36.4 Å². The highest BCUT2D eigenvalue weighted by Crippen LogP contribution is 2.33.